The van der Waals surface area contributed by atoms with Gasteiger partial charge in [-0.1, -0.05) is 30.3 Å². The third kappa shape index (κ3) is 6.12. The highest BCUT2D eigenvalue weighted by atomic mass is 32.2. The summed E-state index contributed by atoms with van der Waals surface area (Å²) in [6.45, 7) is 22.7. The van der Waals surface area contributed by atoms with Crippen molar-refractivity contribution in [3.05, 3.63) is 144 Å². The van der Waals surface area contributed by atoms with Crippen LogP contribution in [0.1, 0.15) is 27.8 Å². The van der Waals surface area contributed by atoms with Crippen molar-refractivity contribution in [1.29, 1.82) is 15.8 Å². The summed E-state index contributed by atoms with van der Waals surface area (Å²) in [5.74, 6) is -0.566. The second-order valence-electron chi connectivity index (χ2n) is 10.0. The van der Waals surface area contributed by atoms with Gasteiger partial charge in [-0.2, -0.15) is 51.8 Å². The number of hydrogen-bond donors (Lipinski definition) is 0. The van der Waals surface area contributed by atoms with Gasteiger partial charge in [0.2, 0.25) is 0 Å². The zero-order chi connectivity index (χ0) is 35.0. The van der Waals surface area contributed by atoms with Gasteiger partial charge in [-0.05, 0) is 87.1 Å². The number of hydrogen-bond acceptors (Lipinski definition) is 5. The predicted molar refractivity (Wildman–Crippen MR) is 164 cm³/mol. The Balaban J connectivity index is 2.18. The molecule has 0 amide bonds. The van der Waals surface area contributed by atoms with Gasteiger partial charge in [0.05, 0.1) is 23.8 Å². The first-order valence-corrected chi connectivity index (χ1v) is 14.9. The summed E-state index contributed by atoms with van der Waals surface area (Å²) >= 11 is -1.19. The second-order valence-corrected chi connectivity index (χ2v) is 12.2. The molecule has 0 fully saturated rings. The number of fused-ring (bicyclic) bond motifs is 2. The van der Waals surface area contributed by atoms with Crippen molar-refractivity contribution in [2.75, 3.05) is 0 Å². The smallest absolute Gasteiger partial charge is 0.238 e. The SMILES string of the molecule is [C-]#[N+]C([N+]#[C-])=C1Cc2c(SC(F)(F)F)c3c(c(SC(F)(F)F)c2=C1c1cccc([N+]#[C-])c1)CC(=C(C#N)C#N)C=3c1cccc(C#N)c1. The molecule has 3 aromatic carbocycles. The van der Waals surface area contributed by atoms with E-state index < -0.39 is 68.6 Å². The minimum Gasteiger partial charge on any atom is -0.238 e. The Hall–Kier alpha value is -5.90. The van der Waals surface area contributed by atoms with Gasteiger partial charge in [0.15, 0.2) is 5.69 Å². The van der Waals surface area contributed by atoms with Gasteiger partial charge in [-0.3, -0.25) is 0 Å². The number of nitriles is 3. The lowest BCUT2D eigenvalue weighted by atomic mass is 9.94. The first-order chi connectivity index (χ1) is 22.8. The van der Waals surface area contributed by atoms with Crippen LogP contribution in [0.4, 0.5) is 32.0 Å². The normalized spacial score (nSPS) is 13.3. The van der Waals surface area contributed by atoms with E-state index in [9.17, 15) is 42.1 Å². The molecule has 5 rings (SSSR count). The van der Waals surface area contributed by atoms with E-state index in [0.29, 0.717) is 0 Å². The van der Waals surface area contributed by atoms with Crippen molar-refractivity contribution < 1.29 is 26.3 Å². The molecule has 2 aliphatic rings. The van der Waals surface area contributed by atoms with Crippen LogP contribution in [0.3, 0.4) is 0 Å². The Labute approximate surface area is 277 Å². The standard InChI is InChI=1S/C34H12F6N6S2/c1-44-21-9-5-8-19(11-21)27-25(32(45-2)46-3)13-24-29(27)30(47-33(35,36)37)23-12-22(20(15-42)16-43)26(18-7-4-6-17(10-18)14-41)28(23)31(24)48-34(38,39)40/h4-11H,12-13H2. The second kappa shape index (κ2) is 12.7. The minimum absolute atomic E-state index is 0.0574. The summed E-state index contributed by atoms with van der Waals surface area (Å²) in [4.78, 5) is 8.78. The molecule has 0 saturated heterocycles. The molecule has 0 spiro atoms. The molecular formula is C34H12F6N6S2. The fourth-order valence-electron chi connectivity index (χ4n) is 5.79. The zero-order valence-electron chi connectivity index (χ0n) is 23.8. The molecule has 0 aliphatic heterocycles. The van der Waals surface area contributed by atoms with Crippen LogP contribution in [-0.4, -0.2) is 11.0 Å². The highest BCUT2D eigenvalue weighted by Gasteiger charge is 2.42. The Kier molecular flexibility index (Phi) is 8.86. The van der Waals surface area contributed by atoms with Crippen molar-refractivity contribution in [2.24, 2.45) is 0 Å². The number of benzene rings is 3. The van der Waals surface area contributed by atoms with Crippen LogP contribution in [0.2, 0.25) is 0 Å². The molecule has 0 atom stereocenters. The number of thioether (sulfide) groups is 2. The molecule has 0 aromatic heterocycles. The van der Waals surface area contributed by atoms with Gasteiger partial charge in [0.1, 0.15) is 30.9 Å². The molecule has 14 heteroatoms. The van der Waals surface area contributed by atoms with Crippen LogP contribution >= 0.6 is 23.5 Å². The Morgan fingerprint density at radius 3 is 1.69 bits per heavy atom. The first kappa shape index (κ1) is 33.5. The highest BCUT2D eigenvalue weighted by Crippen LogP contribution is 2.47. The fraction of sp³-hybridized carbons (Fsp3) is 0.118. The quantitative estimate of drug-likeness (QED) is 0.120. The Bertz CT molecular complexity index is 2200. The van der Waals surface area contributed by atoms with Crippen molar-refractivity contribution in [2.45, 2.75) is 33.6 Å². The van der Waals surface area contributed by atoms with Crippen molar-refractivity contribution in [3.8, 4) is 18.2 Å². The lowest BCUT2D eigenvalue weighted by Gasteiger charge is -2.17. The van der Waals surface area contributed by atoms with Crippen LogP contribution in [0.25, 0.3) is 25.7 Å². The van der Waals surface area contributed by atoms with Gasteiger partial charge < -0.3 is 0 Å². The van der Waals surface area contributed by atoms with Crippen LogP contribution in [0, 0.1) is 53.7 Å². The molecular weight excluding hydrogens is 671 g/mol. The van der Waals surface area contributed by atoms with E-state index in [1.807, 2.05) is 6.07 Å². The van der Waals surface area contributed by atoms with E-state index in [0.717, 1.165) is 0 Å². The molecule has 0 heterocycles. The molecule has 0 N–H and O–H groups in total. The van der Waals surface area contributed by atoms with Gasteiger partial charge in [-0.25, -0.2) is 4.85 Å². The van der Waals surface area contributed by atoms with E-state index in [1.165, 1.54) is 48.5 Å². The van der Waals surface area contributed by atoms with Crippen LogP contribution in [0.15, 0.2) is 80.9 Å². The van der Waals surface area contributed by atoms with Crippen molar-refractivity contribution in [3.63, 3.8) is 0 Å². The van der Waals surface area contributed by atoms with E-state index in [-0.39, 0.29) is 66.2 Å². The zero-order valence-corrected chi connectivity index (χ0v) is 25.4. The molecule has 232 valence electrons. The van der Waals surface area contributed by atoms with Crippen molar-refractivity contribution >= 4 is 40.4 Å². The summed E-state index contributed by atoms with van der Waals surface area (Å²) in [5.41, 5.74) is -11.1. The molecule has 0 saturated carbocycles. The Morgan fingerprint density at radius 2 is 1.21 bits per heavy atom. The number of alkyl halides is 6. The number of nitrogens with zero attached hydrogens (tertiary/aromatic N) is 6. The number of halogens is 6. The monoisotopic (exact) mass is 682 g/mol. The van der Waals surface area contributed by atoms with E-state index in [4.69, 9.17) is 19.7 Å². The molecule has 6 nitrogen and oxygen atoms in total. The molecule has 48 heavy (non-hydrogen) atoms. The van der Waals surface area contributed by atoms with Gasteiger partial charge in [0.25, 0.3) is 0 Å². The van der Waals surface area contributed by atoms with Crippen molar-refractivity contribution in [1.82, 2.24) is 0 Å². The summed E-state index contributed by atoms with van der Waals surface area (Å²) < 4.78 is 86.7. The molecule has 0 bridgehead atoms. The first-order valence-electron chi connectivity index (χ1n) is 13.3. The molecule has 0 radical (unpaired) electrons. The van der Waals surface area contributed by atoms with E-state index >= 15 is 0 Å². The van der Waals surface area contributed by atoms with E-state index in [2.05, 4.69) is 14.5 Å². The molecule has 2 aliphatic carbocycles. The third-order valence-corrected chi connectivity index (χ3v) is 9.18. The van der Waals surface area contributed by atoms with Gasteiger partial charge in [-0.15, -0.1) is 0 Å². The largest absolute Gasteiger partial charge is 0.523 e. The lowest BCUT2D eigenvalue weighted by molar-refractivity contribution is -0.0339. The predicted octanol–water partition coefficient (Wildman–Crippen LogP) is 8.24. The molecule has 0 unspecified atom stereocenters. The summed E-state index contributed by atoms with van der Waals surface area (Å²) in [6.07, 6.45) is -1.07. The lowest BCUT2D eigenvalue weighted by Crippen LogP contribution is -2.27. The maximum absolute atomic E-state index is 14.5. The molecule has 3 aromatic rings. The van der Waals surface area contributed by atoms with Crippen LogP contribution in [-0.2, 0) is 12.8 Å². The minimum atomic E-state index is -4.99. The van der Waals surface area contributed by atoms with E-state index in [1.54, 1.807) is 12.1 Å². The Morgan fingerprint density at radius 1 is 0.708 bits per heavy atom. The van der Waals surface area contributed by atoms with Crippen LogP contribution in [0.5, 0.6) is 0 Å². The summed E-state index contributed by atoms with van der Waals surface area (Å²) in [5, 5.41) is 28.6. The van der Waals surface area contributed by atoms with Gasteiger partial charge in [0, 0.05) is 26.6 Å². The van der Waals surface area contributed by atoms with Gasteiger partial charge >= 0.3 is 16.8 Å². The number of rotatable bonds is 4. The maximum Gasteiger partial charge on any atom is 0.523 e. The third-order valence-electron chi connectivity index (χ3n) is 7.40. The highest BCUT2D eigenvalue weighted by molar-refractivity contribution is 8.00. The maximum atomic E-state index is 14.5. The topological polar surface area (TPSA) is 84.5 Å². The fourth-order valence-corrected chi connectivity index (χ4v) is 7.51. The average molecular weight is 683 g/mol. The number of allylic oxidation sites excluding steroid dienone is 3. The van der Waals surface area contributed by atoms with Crippen LogP contribution < -0.4 is 10.4 Å². The summed E-state index contributed by atoms with van der Waals surface area (Å²) in [7, 11) is 0. The average Bonchev–Trinajstić information content (AvgIpc) is 3.63. The summed E-state index contributed by atoms with van der Waals surface area (Å²) in [6, 6.07) is 16.4.